The third-order valence-electron chi connectivity index (χ3n) is 4.94. The Labute approximate surface area is 200 Å². The van der Waals surface area contributed by atoms with Crippen molar-refractivity contribution >= 4 is 52.2 Å². The molecule has 0 aromatic heterocycles. The van der Waals surface area contributed by atoms with Crippen LogP contribution in [0, 0.1) is 6.92 Å². The molecule has 32 heavy (non-hydrogen) atoms. The van der Waals surface area contributed by atoms with Gasteiger partial charge in [-0.25, -0.2) is 0 Å². The Morgan fingerprint density at radius 2 is 1.75 bits per heavy atom. The average Bonchev–Trinajstić information content (AvgIpc) is 3.03. The second-order valence-electron chi connectivity index (χ2n) is 7.32. The molecule has 0 N–H and O–H groups in total. The molecule has 2 amide bonds. The van der Waals surface area contributed by atoms with Gasteiger partial charge in [0.1, 0.15) is 12.4 Å². The van der Waals surface area contributed by atoms with Crippen LogP contribution in [0.5, 0.6) is 5.75 Å². The minimum atomic E-state index is -0.309. The van der Waals surface area contributed by atoms with E-state index >= 15 is 0 Å². The highest BCUT2D eigenvalue weighted by atomic mass is 35.5. The molecular formula is C25H19Cl2NO3S. The third-order valence-corrected chi connectivity index (χ3v) is 6.43. The summed E-state index contributed by atoms with van der Waals surface area (Å²) in [5.74, 6) is 0.278. The Morgan fingerprint density at radius 1 is 1.00 bits per heavy atom. The molecule has 7 heteroatoms. The van der Waals surface area contributed by atoms with E-state index in [-0.39, 0.29) is 24.3 Å². The molecule has 0 radical (unpaired) electrons. The standard InChI is InChI=1S/C25H19Cl2NO3S/c1-16-6-8-17(9-7-16)14-28-24(29)23(32-25(28)30)12-18-4-2-3-5-22(18)31-15-19-10-11-20(26)13-21(19)27/h2-13H,14-15H2,1H3/b23-12-. The molecule has 1 aliphatic heterocycles. The molecule has 0 aliphatic carbocycles. The molecule has 4 rings (SSSR count). The largest absolute Gasteiger partial charge is 0.488 e. The third kappa shape index (κ3) is 5.18. The number of aryl methyl sites for hydroxylation is 1. The first-order chi connectivity index (χ1) is 15.4. The van der Waals surface area contributed by atoms with Crippen LogP contribution in [0.25, 0.3) is 6.08 Å². The lowest BCUT2D eigenvalue weighted by atomic mass is 10.1. The fourth-order valence-electron chi connectivity index (χ4n) is 3.18. The van der Waals surface area contributed by atoms with Crippen LogP contribution in [-0.4, -0.2) is 16.0 Å². The fraction of sp³-hybridized carbons (Fsp3) is 0.120. The first-order valence-electron chi connectivity index (χ1n) is 9.87. The van der Waals surface area contributed by atoms with Gasteiger partial charge in [-0.1, -0.05) is 77.3 Å². The maximum absolute atomic E-state index is 12.9. The zero-order valence-corrected chi connectivity index (χ0v) is 19.5. The Bertz CT molecular complexity index is 1210. The van der Waals surface area contributed by atoms with Crippen LogP contribution in [-0.2, 0) is 17.9 Å². The number of ether oxygens (including phenoxy) is 1. The van der Waals surface area contributed by atoms with Crippen LogP contribution in [0.4, 0.5) is 4.79 Å². The Balaban J connectivity index is 1.51. The molecule has 0 unspecified atom stereocenters. The number of hydrogen-bond acceptors (Lipinski definition) is 4. The predicted molar refractivity (Wildman–Crippen MR) is 130 cm³/mol. The quantitative estimate of drug-likeness (QED) is 0.350. The number of imide groups is 1. The number of nitrogens with zero attached hydrogens (tertiary/aromatic N) is 1. The van der Waals surface area contributed by atoms with Gasteiger partial charge in [0.25, 0.3) is 11.1 Å². The predicted octanol–water partition coefficient (Wildman–Crippen LogP) is 7.12. The number of rotatable bonds is 6. The highest BCUT2D eigenvalue weighted by Crippen LogP contribution is 2.35. The number of amides is 2. The first-order valence-corrected chi connectivity index (χ1v) is 11.4. The van der Waals surface area contributed by atoms with Crippen LogP contribution >= 0.6 is 35.0 Å². The highest BCUT2D eigenvalue weighted by molar-refractivity contribution is 8.18. The van der Waals surface area contributed by atoms with Crippen molar-refractivity contribution in [2.45, 2.75) is 20.1 Å². The van der Waals surface area contributed by atoms with E-state index in [1.54, 1.807) is 18.2 Å². The topological polar surface area (TPSA) is 46.6 Å². The number of halogens is 2. The first kappa shape index (κ1) is 22.5. The van der Waals surface area contributed by atoms with E-state index in [1.807, 2.05) is 61.5 Å². The van der Waals surface area contributed by atoms with Gasteiger partial charge in [-0.2, -0.15) is 0 Å². The van der Waals surface area contributed by atoms with Crippen LogP contribution in [0.2, 0.25) is 10.0 Å². The van der Waals surface area contributed by atoms with Crippen molar-refractivity contribution < 1.29 is 14.3 Å². The lowest BCUT2D eigenvalue weighted by molar-refractivity contribution is -0.123. The average molecular weight is 484 g/mol. The molecule has 0 saturated carbocycles. The smallest absolute Gasteiger partial charge is 0.293 e. The summed E-state index contributed by atoms with van der Waals surface area (Å²) in [7, 11) is 0. The highest BCUT2D eigenvalue weighted by Gasteiger charge is 2.35. The van der Waals surface area contributed by atoms with E-state index in [2.05, 4.69) is 0 Å². The minimum absolute atomic E-state index is 0.246. The van der Waals surface area contributed by atoms with E-state index < -0.39 is 0 Å². The van der Waals surface area contributed by atoms with E-state index in [9.17, 15) is 9.59 Å². The van der Waals surface area contributed by atoms with Crippen molar-refractivity contribution in [2.75, 3.05) is 0 Å². The van der Waals surface area contributed by atoms with Crippen molar-refractivity contribution in [3.8, 4) is 5.75 Å². The van der Waals surface area contributed by atoms with Gasteiger partial charge in [0.15, 0.2) is 0 Å². The molecule has 0 atom stereocenters. The van der Waals surface area contributed by atoms with Crippen molar-refractivity contribution in [2.24, 2.45) is 0 Å². The summed E-state index contributed by atoms with van der Waals surface area (Å²) in [6, 6.07) is 20.3. The van der Waals surface area contributed by atoms with Crippen LogP contribution in [0.3, 0.4) is 0 Å². The second kappa shape index (κ2) is 9.82. The molecule has 0 spiro atoms. The summed E-state index contributed by atoms with van der Waals surface area (Å²) >= 11 is 13.1. The number of thioether (sulfide) groups is 1. The molecule has 1 aliphatic rings. The van der Waals surface area contributed by atoms with Crippen LogP contribution < -0.4 is 4.74 Å². The molecule has 1 heterocycles. The Morgan fingerprint density at radius 3 is 2.50 bits per heavy atom. The molecule has 3 aromatic carbocycles. The van der Waals surface area contributed by atoms with Crippen LogP contribution in [0.1, 0.15) is 22.3 Å². The summed E-state index contributed by atoms with van der Waals surface area (Å²) in [6.45, 7) is 2.48. The molecule has 1 fully saturated rings. The Hall–Kier alpha value is -2.73. The van der Waals surface area contributed by atoms with Gasteiger partial charge in [0, 0.05) is 21.2 Å². The number of carbonyl (C=O) groups is 2. The van der Waals surface area contributed by atoms with E-state index in [0.29, 0.717) is 26.3 Å². The molecule has 0 bridgehead atoms. The summed E-state index contributed by atoms with van der Waals surface area (Å²) in [5.41, 5.74) is 3.53. The van der Waals surface area contributed by atoms with Crippen molar-refractivity contribution in [1.82, 2.24) is 4.90 Å². The lowest BCUT2D eigenvalue weighted by Gasteiger charge is -2.13. The molecule has 1 saturated heterocycles. The number of carbonyl (C=O) groups excluding carboxylic acids is 2. The summed E-state index contributed by atoms with van der Waals surface area (Å²) in [5, 5.41) is 0.792. The van der Waals surface area contributed by atoms with Gasteiger partial charge in [-0.05, 0) is 48.5 Å². The molecular weight excluding hydrogens is 465 g/mol. The maximum Gasteiger partial charge on any atom is 0.293 e. The van der Waals surface area contributed by atoms with E-state index in [4.69, 9.17) is 27.9 Å². The van der Waals surface area contributed by atoms with Crippen molar-refractivity contribution in [3.63, 3.8) is 0 Å². The van der Waals surface area contributed by atoms with Crippen molar-refractivity contribution in [3.05, 3.63) is 104 Å². The lowest BCUT2D eigenvalue weighted by Crippen LogP contribution is -2.27. The summed E-state index contributed by atoms with van der Waals surface area (Å²) in [4.78, 5) is 27.0. The van der Waals surface area contributed by atoms with Gasteiger partial charge in [-0.15, -0.1) is 0 Å². The monoisotopic (exact) mass is 483 g/mol. The zero-order chi connectivity index (χ0) is 22.7. The minimum Gasteiger partial charge on any atom is -0.488 e. The zero-order valence-electron chi connectivity index (χ0n) is 17.2. The van der Waals surface area contributed by atoms with Crippen molar-refractivity contribution in [1.29, 1.82) is 0 Å². The Kier molecular flexibility index (Phi) is 6.89. The van der Waals surface area contributed by atoms with E-state index in [0.717, 1.165) is 28.5 Å². The molecule has 162 valence electrons. The number of para-hydroxylation sites is 1. The molecule has 4 nitrogen and oxygen atoms in total. The van der Waals surface area contributed by atoms with Crippen LogP contribution in [0.15, 0.2) is 71.6 Å². The van der Waals surface area contributed by atoms with Gasteiger partial charge < -0.3 is 4.74 Å². The maximum atomic E-state index is 12.9. The van der Waals surface area contributed by atoms with Gasteiger partial charge in [0.2, 0.25) is 0 Å². The second-order valence-corrected chi connectivity index (χ2v) is 9.15. The van der Waals surface area contributed by atoms with E-state index in [1.165, 1.54) is 4.90 Å². The van der Waals surface area contributed by atoms with Gasteiger partial charge in [-0.3, -0.25) is 14.5 Å². The summed E-state index contributed by atoms with van der Waals surface area (Å²) in [6.07, 6.45) is 1.69. The fourth-order valence-corrected chi connectivity index (χ4v) is 4.47. The van der Waals surface area contributed by atoms with Gasteiger partial charge in [0.05, 0.1) is 11.4 Å². The number of benzene rings is 3. The SMILES string of the molecule is Cc1ccc(CN2C(=O)S/C(=C\c3ccccc3OCc3ccc(Cl)cc3Cl)C2=O)cc1. The summed E-state index contributed by atoms with van der Waals surface area (Å²) < 4.78 is 5.96. The normalized spacial score (nSPS) is 15.0. The van der Waals surface area contributed by atoms with Gasteiger partial charge >= 0.3 is 0 Å². The molecule has 3 aromatic rings. The number of hydrogen-bond donors (Lipinski definition) is 0.